The molecular formula is C12H20F3N3O. The zero-order valence-electron chi connectivity index (χ0n) is 11.6. The highest BCUT2D eigenvalue weighted by Gasteiger charge is 2.33. The average Bonchev–Trinajstić information content (AvgIpc) is 2.25. The maximum Gasteiger partial charge on any atom is 0.401 e. The Bertz CT molecular complexity index is 349. The molecule has 0 aromatic heterocycles. The predicted molar refractivity (Wildman–Crippen MR) is 65.2 cm³/mol. The third-order valence-electron chi connectivity index (χ3n) is 3.00. The monoisotopic (exact) mass is 279 g/mol. The highest BCUT2D eigenvalue weighted by molar-refractivity contribution is 5.79. The van der Waals surface area contributed by atoms with Crippen LogP contribution in [0.5, 0.6) is 0 Å². The number of alkyl halides is 3. The lowest BCUT2D eigenvalue weighted by atomic mass is 9.90. The lowest BCUT2D eigenvalue weighted by molar-refractivity contribution is -0.148. The maximum absolute atomic E-state index is 12.2. The molecule has 0 aromatic rings. The first-order chi connectivity index (χ1) is 8.54. The highest BCUT2D eigenvalue weighted by Crippen LogP contribution is 2.17. The van der Waals surface area contributed by atoms with Crippen LogP contribution in [-0.4, -0.2) is 42.2 Å². The van der Waals surface area contributed by atoms with Crippen molar-refractivity contribution in [2.75, 3.05) is 19.6 Å². The number of nitrogens with zero attached hydrogens (tertiary/aromatic N) is 2. The average molecular weight is 279 g/mol. The van der Waals surface area contributed by atoms with Gasteiger partial charge in [-0.25, -0.2) is 0 Å². The molecule has 110 valence electrons. The fourth-order valence-corrected chi connectivity index (χ4v) is 1.37. The topological polar surface area (TPSA) is 56.1 Å². The van der Waals surface area contributed by atoms with E-state index in [-0.39, 0.29) is 19.0 Å². The molecule has 0 saturated heterocycles. The van der Waals surface area contributed by atoms with Gasteiger partial charge in [0, 0.05) is 0 Å². The minimum absolute atomic E-state index is 0.109. The standard InChI is InChI=1S/C12H20F3N3O/c1-5-18(8-12(13,14)15)6-10(19)17-11(4,7-16)9(2)3/h9H,5-6,8H2,1-4H3,(H,17,19). The summed E-state index contributed by atoms with van der Waals surface area (Å²) in [6.45, 7) is 5.22. The molecule has 0 aliphatic heterocycles. The van der Waals surface area contributed by atoms with Crippen molar-refractivity contribution in [1.29, 1.82) is 5.26 Å². The fraction of sp³-hybridized carbons (Fsp3) is 0.833. The van der Waals surface area contributed by atoms with Crippen LogP contribution in [0, 0.1) is 17.2 Å². The number of amides is 1. The summed E-state index contributed by atoms with van der Waals surface area (Å²) in [5.74, 6) is -0.719. The van der Waals surface area contributed by atoms with Crippen LogP contribution in [0.3, 0.4) is 0 Å². The third kappa shape index (κ3) is 6.43. The minimum Gasteiger partial charge on any atom is -0.337 e. The maximum atomic E-state index is 12.2. The summed E-state index contributed by atoms with van der Waals surface area (Å²) in [5, 5.41) is 11.5. The number of nitrogens with one attached hydrogen (secondary N) is 1. The van der Waals surface area contributed by atoms with Gasteiger partial charge in [-0.3, -0.25) is 9.69 Å². The van der Waals surface area contributed by atoms with Gasteiger partial charge < -0.3 is 5.32 Å². The van der Waals surface area contributed by atoms with E-state index >= 15 is 0 Å². The van der Waals surface area contributed by atoms with E-state index in [1.165, 1.54) is 0 Å². The molecule has 0 fully saturated rings. The SMILES string of the molecule is CCN(CC(=O)NC(C)(C#N)C(C)C)CC(F)(F)F. The molecular weight excluding hydrogens is 259 g/mol. The van der Waals surface area contributed by atoms with Gasteiger partial charge in [-0.2, -0.15) is 18.4 Å². The molecule has 1 unspecified atom stereocenters. The molecule has 0 bridgehead atoms. The van der Waals surface area contributed by atoms with Crippen LogP contribution >= 0.6 is 0 Å². The van der Waals surface area contributed by atoms with Gasteiger partial charge in [0.05, 0.1) is 19.2 Å². The number of hydrogen-bond acceptors (Lipinski definition) is 3. The number of rotatable bonds is 6. The zero-order chi connectivity index (χ0) is 15.3. The van der Waals surface area contributed by atoms with Gasteiger partial charge in [-0.15, -0.1) is 0 Å². The van der Waals surface area contributed by atoms with E-state index in [2.05, 4.69) is 5.32 Å². The van der Waals surface area contributed by atoms with Crippen molar-refractivity contribution in [3.05, 3.63) is 0 Å². The van der Waals surface area contributed by atoms with Crippen molar-refractivity contribution < 1.29 is 18.0 Å². The lowest BCUT2D eigenvalue weighted by Gasteiger charge is -2.29. The van der Waals surface area contributed by atoms with Gasteiger partial charge in [0.15, 0.2) is 0 Å². The second-order valence-electron chi connectivity index (χ2n) is 4.94. The van der Waals surface area contributed by atoms with Crippen LogP contribution in [0.1, 0.15) is 27.7 Å². The van der Waals surface area contributed by atoms with E-state index in [9.17, 15) is 18.0 Å². The summed E-state index contributed by atoms with van der Waals surface area (Å²) in [6, 6.07) is 1.98. The van der Waals surface area contributed by atoms with E-state index in [0.717, 1.165) is 4.90 Å². The molecule has 19 heavy (non-hydrogen) atoms. The van der Waals surface area contributed by atoms with Gasteiger partial charge in [0.25, 0.3) is 0 Å². The quantitative estimate of drug-likeness (QED) is 0.808. The molecule has 0 heterocycles. The zero-order valence-corrected chi connectivity index (χ0v) is 11.6. The Morgan fingerprint density at radius 1 is 1.42 bits per heavy atom. The van der Waals surface area contributed by atoms with Gasteiger partial charge in [0.2, 0.25) is 5.91 Å². The van der Waals surface area contributed by atoms with Gasteiger partial charge in [0.1, 0.15) is 5.54 Å². The van der Waals surface area contributed by atoms with Crippen LogP contribution in [0.15, 0.2) is 0 Å². The first-order valence-electron chi connectivity index (χ1n) is 6.05. The van der Waals surface area contributed by atoms with Crippen LogP contribution in [0.25, 0.3) is 0 Å². The molecule has 1 N–H and O–H groups in total. The Hall–Kier alpha value is -1.29. The van der Waals surface area contributed by atoms with Crippen LogP contribution in [-0.2, 0) is 4.79 Å². The Labute approximate surface area is 111 Å². The molecule has 1 amide bonds. The normalized spacial score (nSPS) is 15.2. The van der Waals surface area contributed by atoms with Crippen LogP contribution in [0.4, 0.5) is 13.2 Å². The third-order valence-corrected chi connectivity index (χ3v) is 3.00. The molecule has 0 radical (unpaired) electrons. The van der Waals surface area contributed by atoms with Gasteiger partial charge in [-0.1, -0.05) is 20.8 Å². The molecule has 0 saturated carbocycles. The number of likely N-dealkylation sites (N-methyl/N-ethyl adjacent to an activating group) is 1. The Morgan fingerprint density at radius 2 is 1.95 bits per heavy atom. The number of carbonyl (C=O) groups is 1. The number of halogens is 3. The summed E-state index contributed by atoms with van der Waals surface area (Å²) in [6.07, 6.45) is -4.34. The Balaban J connectivity index is 4.57. The number of carbonyl (C=O) groups excluding carboxylic acids is 1. The van der Waals surface area contributed by atoms with E-state index in [1.807, 2.05) is 6.07 Å². The summed E-state index contributed by atoms with van der Waals surface area (Å²) in [7, 11) is 0. The Kier molecular flexibility index (Phi) is 6.30. The summed E-state index contributed by atoms with van der Waals surface area (Å²) >= 11 is 0. The summed E-state index contributed by atoms with van der Waals surface area (Å²) in [5.41, 5.74) is -1.07. The van der Waals surface area contributed by atoms with Crippen molar-refractivity contribution in [3.8, 4) is 6.07 Å². The molecule has 4 nitrogen and oxygen atoms in total. The van der Waals surface area contributed by atoms with Crippen LogP contribution < -0.4 is 5.32 Å². The van der Waals surface area contributed by atoms with E-state index < -0.39 is 24.2 Å². The minimum atomic E-state index is -4.34. The summed E-state index contributed by atoms with van der Waals surface area (Å²) < 4.78 is 36.7. The predicted octanol–water partition coefficient (Wildman–Crippen LogP) is 1.93. The molecule has 0 aliphatic carbocycles. The lowest BCUT2D eigenvalue weighted by Crippen LogP contribution is -2.52. The van der Waals surface area contributed by atoms with E-state index in [4.69, 9.17) is 5.26 Å². The van der Waals surface area contributed by atoms with E-state index in [1.54, 1.807) is 27.7 Å². The highest BCUT2D eigenvalue weighted by atomic mass is 19.4. The van der Waals surface area contributed by atoms with Crippen LogP contribution in [0.2, 0.25) is 0 Å². The molecule has 0 spiro atoms. The first kappa shape index (κ1) is 17.7. The van der Waals surface area contributed by atoms with Crippen molar-refractivity contribution in [2.24, 2.45) is 5.92 Å². The second kappa shape index (κ2) is 6.75. The smallest absolute Gasteiger partial charge is 0.337 e. The van der Waals surface area contributed by atoms with Crippen molar-refractivity contribution >= 4 is 5.91 Å². The first-order valence-corrected chi connectivity index (χ1v) is 6.05. The second-order valence-corrected chi connectivity index (χ2v) is 4.94. The Morgan fingerprint density at radius 3 is 2.26 bits per heavy atom. The molecule has 0 aromatic carbocycles. The van der Waals surface area contributed by atoms with E-state index in [0.29, 0.717) is 0 Å². The largest absolute Gasteiger partial charge is 0.401 e. The van der Waals surface area contributed by atoms with Crippen molar-refractivity contribution in [3.63, 3.8) is 0 Å². The molecule has 1 atom stereocenters. The fourth-order valence-electron chi connectivity index (χ4n) is 1.37. The van der Waals surface area contributed by atoms with Crippen molar-refractivity contribution in [1.82, 2.24) is 10.2 Å². The summed E-state index contributed by atoms with van der Waals surface area (Å²) in [4.78, 5) is 12.7. The molecule has 0 rings (SSSR count). The van der Waals surface area contributed by atoms with Crippen molar-refractivity contribution in [2.45, 2.75) is 39.4 Å². The number of nitriles is 1. The van der Waals surface area contributed by atoms with Gasteiger partial charge in [-0.05, 0) is 19.4 Å². The van der Waals surface area contributed by atoms with Gasteiger partial charge >= 0.3 is 6.18 Å². The molecule has 7 heteroatoms. The number of hydrogen-bond donors (Lipinski definition) is 1. The molecule has 0 aliphatic rings.